The van der Waals surface area contributed by atoms with E-state index in [1.165, 1.54) is 0 Å². The van der Waals surface area contributed by atoms with E-state index in [-0.39, 0.29) is 24.5 Å². The zero-order valence-electron chi connectivity index (χ0n) is 13.2. The molecule has 2 N–H and O–H groups in total. The number of hydrogen-bond acceptors (Lipinski definition) is 3. The van der Waals surface area contributed by atoms with Gasteiger partial charge in [0.05, 0.1) is 0 Å². The lowest BCUT2D eigenvalue weighted by Gasteiger charge is -2.16. The third kappa shape index (κ3) is 4.48. The van der Waals surface area contributed by atoms with E-state index in [9.17, 15) is 9.59 Å². The van der Waals surface area contributed by atoms with E-state index >= 15 is 0 Å². The normalized spacial score (nSPS) is 18.6. The first-order valence-electron chi connectivity index (χ1n) is 7.88. The van der Waals surface area contributed by atoms with Crippen LogP contribution in [-0.2, 0) is 9.59 Å². The Hall–Kier alpha value is -2.04. The van der Waals surface area contributed by atoms with Gasteiger partial charge in [0.2, 0.25) is 5.91 Å². The van der Waals surface area contributed by atoms with Gasteiger partial charge < -0.3 is 15.4 Å². The third-order valence-electron chi connectivity index (χ3n) is 4.05. The zero-order chi connectivity index (χ0) is 15.9. The fourth-order valence-corrected chi connectivity index (χ4v) is 2.50. The first-order chi connectivity index (χ1) is 10.6. The third-order valence-corrected chi connectivity index (χ3v) is 4.05. The van der Waals surface area contributed by atoms with Gasteiger partial charge in [-0.05, 0) is 30.4 Å². The highest BCUT2D eigenvalue weighted by Crippen LogP contribution is 2.28. The molecule has 0 spiro atoms. The lowest BCUT2D eigenvalue weighted by atomic mass is 9.98. The SMILES string of the molecule is CC[C@H](C)c1ccccc1OCC(=O)NC[C@@H]1CCC(=O)N1. The van der Waals surface area contributed by atoms with Gasteiger partial charge in [-0.25, -0.2) is 0 Å². The van der Waals surface area contributed by atoms with Gasteiger partial charge in [0.1, 0.15) is 5.75 Å². The van der Waals surface area contributed by atoms with Gasteiger partial charge in [-0.1, -0.05) is 32.0 Å². The van der Waals surface area contributed by atoms with Gasteiger partial charge in [-0.2, -0.15) is 0 Å². The molecule has 0 saturated carbocycles. The van der Waals surface area contributed by atoms with Crippen LogP contribution in [0.3, 0.4) is 0 Å². The Balaban J connectivity index is 1.80. The molecule has 1 heterocycles. The van der Waals surface area contributed by atoms with Crippen LogP contribution in [0.15, 0.2) is 24.3 Å². The monoisotopic (exact) mass is 304 g/mol. The summed E-state index contributed by atoms with van der Waals surface area (Å²) in [6.07, 6.45) is 2.34. The van der Waals surface area contributed by atoms with Gasteiger partial charge in [-0.15, -0.1) is 0 Å². The lowest BCUT2D eigenvalue weighted by Crippen LogP contribution is -2.40. The number of nitrogens with one attached hydrogen (secondary N) is 2. The van der Waals surface area contributed by atoms with Crippen molar-refractivity contribution in [2.75, 3.05) is 13.2 Å². The second-order valence-electron chi connectivity index (χ2n) is 5.74. The molecule has 1 aromatic carbocycles. The Morgan fingerprint density at radius 1 is 1.45 bits per heavy atom. The summed E-state index contributed by atoms with van der Waals surface area (Å²) >= 11 is 0. The number of para-hydroxylation sites is 1. The average Bonchev–Trinajstić information content (AvgIpc) is 2.96. The van der Waals surface area contributed by atoms with Crippen molar-refractivity contribution in [3.63, 3.8) is 0 Å². The molecular formula is C17H24N2O3. The standard InChI is InChI=1S/C17H24N2O3/c1-3-12(2)14-6-4-5-7-15(14)22-11-17(21)18-10-13-8-9-16(20)19-13/h4-7,12-13H,3,8-11H2,1-2H3,(H,18,21)(H,19,20)/t12-,13-/m0/s1. The van der Waals surface area contributed by atoms with Gasteiger partial charge in [-0.3, -0.25) is 9.59 Å². The van der Waals surface area contributed by atoms with Crippen molar-refractivity contribution in [2.24, 2.45) is 0 Å². The summed E-state index contributed by atoms with van der Waals surface area (Å²) < 4.78 is 5.66. The second kappa shape index (κ2) is 7.82. The molecule has 2 atom stereocenters. The van der Waals surface area contributed by atoms with Crippen molar-refractivity contribution in [2.45, 2.75) is 45.1 Å². The Kier molecular flexibility index (Phi) is 5.81. The number of carbonyl (C=O) groups excluding carboxylic acids is 2. The molecule has 1 aliphatic rings. The Morgan fingerprint density at radius 2 is 2.23 bits per heavy atom. The molecule has 22 heavy (non-hydrogen) atoms. The molecule has 0 bridgehead atoms. The summed E-state index contributed by atoms with van der Waals surface area (Å²) in [6, 6.07) is 7.87. The summed E-state index contributed by atoms with van der Waals surface area (Å²) in [4.78, 5) is 22.9. The van der Waals surface area contributed by atoms with E-state index in [1.807, 2.05) is 24.3 Å². The first kappa shape index (κ1) is 16.3. The quantitative estimate of drug-likeness (QED) is 0.809. The van der Waals surface area contributed by atoms with Crippen LogP contribution in [0.1, 0.15) is 44.6 Å². The highest BCUT2D eigenvalue weighted by atomic mass is 16.5. The minimum atomic E-state index is -0.167. The first-order valence-corrected chi connectivity index (χ1v) is 7.88. The van der Waals surface area contributed by atoms with Crippen LogP contribution in [0.2, 0.25) is 0 Å². The summed E-state index contributed by atoms with van der Waals surface area (Å²) in [7, 11) is 0. The summed E-state index contributed by atoms with van der Waals surface area (Å²) in [5.74, 6) is 1.05. The van der Waals surface area contributed by atoms with E-state index in [0.717, 1.165) is 24.2 Å². The van der Waals surface area contributed by atoms with Gasteiger partial charge in [0, 0.05) is 19.0 Å². The fourth-order valence-electron chi connectivity index (χ4n) is 2.50. The van der Waals surface area contributed by atoms with Crippen LogP contribution in [-0.4, -0.2) is 31.0 Å². The summed E-state index contributed by atoms with van der Waals surface area (Å²) in [5, 5.41) is 5.62. The minimum absolute atomic E-state index is 0.00584. The minimum Gasteiger partial charge on any atom is -0.483 e. The summed E-state index contributed by atoms with van der Waals surface area (Å²) in [6.45, 7) is 4.73. The summed E-state index contributed by atoms with van der Waals surface area (Å²) in [5.41, 5.74) is 1.13. The van der Waals surface area contributed by atoms with Crippen LogP contribution in [0, 0.1) is 0 Å². The van der Waals surface area contributed by atoms with Crippen LogP contribution < -0.4 is 15.4 Å². The van der Waals surface area contributed by atoms with E-state index in [4.69, 9.17) is 4.74 Å². The number of benzene rings is 1. The maximum atomic E-state index is 11.9. The molecule has 1 aromatic rings. The Bertz CT molecular complexity index is 530. The van der Waals surface area contributed by atoms with E-state index in [0.29, 0.717) is 18.9 Å². The molecule has 2 rings (SSSR count). The molecule has 0 unspecified atom stereocenters. The van der Waals surface area contributed by atoms with Crippen LogP contribution in [0.25, 0.3) is 0 Å². The molecule has 2 amide bonds. The van der Waals surface area contributed by atoms with Gasteiger partial charge in [0.15, 0.2) is 6.61 Å². The van der Waals surface area contributed by atoms with Crippen molar-refractivity contribution in [3.05, 3.63) is 29.8 Å². The van der Waals surface area contributed by atoms with E-state index in [2.05, 4.69) is 24.5 Å². The molecule has 1 aliphatic heterocycles. The molecule has 0 aliphatic carbocycles. The number of hydrogen-bond donors (Lipinski definition) is 2. The zero-order valence-corrected chi connectivity index (χ0v) is 13.2. The molecule has 5 heteroatoms. The smallest absolute Gasteiger partial charge is 0.258 e. The predicted molar refractivity (Wildman–Crippen MR) is 84.8 cm³/mol. The molecular weight excluding hydrogens is 280 g/mol. The molecule has 5 nitrogen and oxygen atoms in total. The van der Waals surface area contributed by atoms with Crippen molar-refractivity contribution in [3.8, 4) is 5.75 Å². The molecule has 120 valence electrons. The Morgan fingerprint density at radius 3 is 2.91 bits per heavy atom. The maximum Gasteiger partial charge on any atom is 0.258 e. The molecule has 0 aromatic heterocycles. The van der Waals surface area contributed by atoms with Gasteiger partial charge in [0.25, 0.3) is 5.91 Å². The topological polar surface area (TPSA) is 67.4 Å². The van der Waals surface area contributed by atoms with Crippen molar-refractivity contribution >= 4 is 11.8 Å². The number of ether oxygens (including phenoxy) is 1. The van der Waals surface area contributed by atoms with E-state index in [1.54, 1.807) is 0 Å². The van der Waals surface area contributed by atoms with Crippen LogP contribution >= 0.6 is 0 Å². The number of amides is 2. The largest absolute Gasteiger partial charge is 0.483 e. The lowest BCUT2D eigenvalue weighted by molar-refractivity contribution is -0.123. The number of carbonyl (C=O) groups is 2. The van der Waals surface area contributed by atoms with Gasteiger partial charge >= 0.3 is 0 Å². The van der Waals surface area contributed by atoms with Crippen LogP contribution in [0.4, 0.5) is 0 Å². The second-order valence-corrected chi connectivity index (χ2v) is 5.74. The van der Waals surface area contributed by atoms with Crippen molar-refractivity contribution < 1.29 is 14.3 Å². The average molecular weight is 304 g/mol. The van der Waals surface area contributed by atoms with Crippen molar-refractivity contribution in [1.29, 1.82) is 0 Å². The Labute approximate surface area is 131 Å². The maximum absolute atomic E-state index is 11.9. The fraction of sp³-hybridized carbons (Fsp3) is 0.529. The van der Waals surface area contributed by atoms with E-state index < -0.39 is 0 Å². The predicted octanol–water partition coefficient (Wildman–Crippen LogP) is 1.97. The molecule has 1 fully saturated rings. The van der Waals surface area contributed by atoms with Crippen molar-refractivity contribution in [1.82, 2.24) is 10.6 Å². The highest BCUT2D eigenvalue weighted by molar-refractivity contribution is 5.79. The number of rotatable bonds is 7. The highest BCUT2D eigenvalue weighted by Gasteiger charge is 2.21. The molecule has 0 radical (unpaired) electrons. The molecule has 1 saturated heterocycles. The van der Waals surface area contributed by atoms with Crippen LogP contribution in [0.5, 0.6) is 5.75 Å².